The summed E-state index contributed by atoms with van der Waals surface area (Å²) in [6.07, 6.45) is 3.66. The second-order valence-corrected chi connectivity index (χ2v) is 8.96. The Bertz CT molecular complexity index is 1140. The van der Waals surface area contributed by atoms with E-state index in [1.807, 2.05) is 42.5 Å². The molecule has 0 spiro atoms. The normalized spacial score (nSPS) is 15.3. The van der Waals surface area contributed by atoms with Gasteiger partial charge >= 0.3 is 0 Å². The molecule has 1 N–H and O–H groups in total. The van der Waals surface area contributed by atoms with E-state index in [9.17, 15) is 9.59 Å². The third-order valence-electron chi connectivity index (χ3n) is 6.10. The van der Waals surface area contributed by atoms with Gasteiger partial charge in [0.1, 0.15) is 5.82 Å². The molecule has 3 aromatic rings. The maximum atomic E-state index is 14.0. The van der Waals surface area contributed by atoms with Gasteiger partial charge in [-0.2, -0.15) is 0 Å². The maximum absolute atomic E-state index is 14.0. The highest BCUT2D eigenvalue weighted by Crippen LogP contribution is 2.43. The van der Waals surface area contributed by atoms with Gasteiger partial charge in [0.05, 0.1) is 29.5 Å². The number of carbonyl (C=O) groups is 1. The average Bonchev–Trinajstić information content (AvgIpc) is 3.27. The number of halogens is 1. The maximum Gasteiger partial charge on any atom is 0.258 e. The van der Waals surface area contributed by atoms with Crippen molar-refractivity contribution in [2.45, 2.75) is 37.6 Å². The molecule has 2 aromatic carbocycles. The van der Waals surface area contributed by atoms with Gasteiger partial charge in [0, 0.05) is 18.1 Å². The monoisotopic (exact) mass is 483 g/mol. The van der Waals surface area contributed by atoms with Crippen molar-refractivity contribution >= 4 is 32.7 Å². The number of carbonyl (C=O) groups excluding carboxylic acids is 1. The zero-order chi connectivity index (χ0) is 21.8. The lowest BCUT2D eigenvalue weighted by atomic mass is 9.77. The van der Waals surface area contributed by atoms with Gasteiger partial charge < -0.3 is 14.6 Å². The number of rotatable bonds is 7. The highest BCUT2D eigenvalue weighted by Gasteiger charge is 2.45. The van der Waals surface area contributed by atoms with Gasteiger partial charge in [-0.1, -0.05) is 53.0 Å². The first-order valence-electron chi connectivity index (χ1n) is 10.6. The molecular weight excluding hydrogens is 458 g/mol. The van der Waals surface area contributed by atoms with Crippen molar-refractivity contribution < 1.29 is 9.53 Å². The standard InChI is InChI=1S/C24H26BrN3O3/c1-31-14-13-28(16-21-26-20-10-3-2-9-19(20)22(29)27-21)23(30)24(11-4-5-12-24)17-7-6-8-18(25)15-17/h2-3,6-10,15H,4-5,11-14,16H2,1H3,(H,26,27,29). The molecule has 1 aliphatic carbocycles. The van der Waals surface area contributed by atoms with Crippen LogP contribution in [0.3, 0.4) is 0 Å². The molecule has 0 atom stereocenters. The summed E-state index contributed by atoms with van der Waals surface area (Å²) in [4.78, 5) is 35.7. The van der Waals surface area contributed by atoms with Crippen molar-refractivity contribution in [3.05, 3.63) is 74.7 Å². The summed E-state index contributed by atoms with van der Waals surface area (Å²) in [5.41, 5.74) is 0.909. The molecular formula is C24H26BrN3O3. The number of H-pyrrole nitrogens is 1. The lowest BCUT2D eigenvalue weighted by Gasteiger charge is -2.35. The van der Waals surface area contributed by atoms with Gasteiger partial charge in [0.2, 0.25) is 5.91 Å². The number of methoxy groups -OCH3 is 1. The third kappa shape index (κ3) is 4.43. The lowest BCUT2D eigenvalue weighted by molar-refractivity contribution is -0.138. The van der Waals surface area contributed by atoms with Crippen molar-refractivity contribution in [3.8, 4) is 0 Å². The van der Waals surface area contributed by atoms with Gasteiger partial charge in [-0.25, -0.2) is 4.98 Å². The molecule has 0 radical (unpaired) electrons. The molecule has 1 heterocycles. The summed E-state index contributed by atoms with van der Waals surface area (Å²) in [7, 11) is 1.62. The van der Waals surface area contributed by atoms with E-state index in [0.717, 1.165) is 35.7 Å². The van der Waals surface area contributed by atoms with Crippen LogP contribution in [0.5, 0.6) is 0 Å². The van der Waals surface area contributed by atoms with Crippen molar-refractivity contribution in [2.75, 3.05) is 20.3 Å². The number of fused-ring (bicyclic) bond motifs is 1. The van der Waals surface area contributed by atoms with Crippen molar-refractivity contribution in [1.29, 1.82) is 0 Å². The van der Waals surface area contributed by atoms with Crippen LogP contribution in [-0.4, -0.2) is 41.0 Å². The summed E-state index contributed by atoms with van der Waals surface area (Å²) >= 11 is 3.55. The molecule has 162 valence electrons. The molecule has 0 aliphatic heterocycles. The minimum absolute atomic E-state index is 0.0657. The van der Waals surface area contributed by atoms with E-state index in [0.29, 0.717) is 29.9 Å². The number of nitrogens with zero attached hydrogens (tertiary/aromatic N) is 2. The van der Waals surface area contributed by atoms with Crippen LogP contribution in [-0.2, 0) is 21.5 Å². The number of amides is 1. The van der Waals surface area contributed by atoms with E-state index in [1.165, 1.54) is 0 Å². The fourth-order valence-corrected chi connectivity index (χ4v) is 4.94. The van der Waals surface area contributed by atoms with E-state index in [1.54, 1.807) is 18.1 Å². The number of aromatic nitrogens is 2. The largest absolute Gasteiger partial charge is 0.383 e. The molecule has 6 nitrogen and oxygen atoms in total. The Labute approximate surface area is 189 Å². The summed E-state index contributed by atoms with van der Waals surface area (Å²) in [6.45, 7) is 1.08. The number of nitrogens with one attached hydrogen (secondary N) is 1. The Balaban J connectivity index is 1.70. The topological polar surface area (TPSA) is 75.3 Å². The van der Waals surface area contributed by atoms with Gasteiger partial charge in [0.25, 0.3) is 5.56 Å². The summed E-state index contributed by atoms with van der Waals surface area (Å²) in [5.74, 6) is 0.548. The predicted octanol–water partition coefficient (Wildman–Crippen LogP) is 4.17. The first-order valence-corrected chi connectivity index (χ1v) is 11.3. The summed E-state index contributed by atoms with van der Waals surface area (Å²) in [5, 5.41) is 0.544. The Kier molecular flexibility index (Phi) is 6.53. The smallest absolute Gasteiger partial charge is 0.258 e. The molecule has 4 rings (SSSR count). The molecule has 0 unspecified atom stereocenters. The van der Waals surface area contributed by atoms with Crippen LogP contribution in [0.25, 0.3) is 10.9 Å². The molecule has 1 aliphatic rings. The number of hydrogen-bond acceptors (Lipinski definition) is 4. The van der Waals surface area contributed by atoms with E-state index >= 15 is 0 Å². The van der Waals surface area contributed by atoms with Gasteiger partial charge in [0.15, 0.2) is 0 Å². The summed E-state index contributed by atoms with van der Waals surface area (Å²) < 4.78 is 6.25. The van der Waals surface area contributed by atoms with Crippen LogP contribution < -0.4 is 5.56 Å². The third-order valence-corrected chi connectivity index (χ3v) is 6.59. The first kappa shape index (κ1) is 21.7. The van der Waals surface area contributed by atoms with Crippen molar-refractivity contribution in [3.63, 3.8) is 0 Å². The first-order chi connectivity index (χ1) is 15.0. The van der Waals surface area contributed by atoms with Crippen LogP contribution in [0, 0.1) is 0 Å². The van der Waals surface area contributed by atoms with Gasteiger partial charge in [-0.15, -0.1) is 0 Å². The van der Waals surface area contributed by atoms with Crippen molar-refractivity contribution in [2.24, 2.45) is 0 Å². The van der Waals surface area contributed by atoms with Crippen LogP contribution in [0.2, 0.25) is 0 Å². The van der Waals surface area contributed by atoms with E-state index in [2.05, 4.69) is 25.9 Å². The highest BCUT2D eigenvalue weighted by molar-refractivity contribution is 9.10. The number of aromatic amines is 1. The second-order valence-electron chi connectivity index (χ2n) is 8.05. The molecule has 1 saturated carbocycles. The van der Waals surface area contributed by atoms with Gasteiger partial charge in [-0.05, 0) is 42.7 Å². The number of benzene rings is 2. The number of ether oxygens (including phenoxy) is 1. The number of para-hydroxylation sites is 1. The molecule has 0 saturated heterocycles. The van der Waals surface area contributed by atoms with E-state index in [4.69, 9.17) is 4.74 Å². The molecule has 1 amide bonds. The van der Waals surface area contributed by atoms with Gasteiger partial charge in [-0.3, -0.25) is 9.59 Å². The lowest BCUT2D eigenvalue weighted by Crippen LogP contribution is -2.46. The second kappa shape index (κ2) is 9.32. The quantitative estimate of drug-likeness (QED) is 0.546. The zero-order valence-corrected chi connectivity index (χ0v) is 19.2. The summed E-state index contributed by atoms with van der Waals surface area (Å²) in [6, 6.07) is 15.3. The molecule has 1 fully saturated rings. The number of hydrogen-bond donors (Lipinski definition) is 1. The molecule has 7 heteroatoms. The van der Waals surface area contributed by atoms with Crippen LogP contribution >= 0.6 is 15.9 Å². The van der Waals surface area contributed by atoms with Crippen molar-refractivity contribution in [1.82, 2.24) is 14.9 Å². The fraction of sp³-hybridized carbons (Fsp3) is 0.375. The Morgan fingerprint density at radius 3 is 2.71 bits per heavy atom. The Morgan fingerprint density at radius 1 is 1.19 bits per heavy atom. The van der Waals surface area contributed by atoms with Crippen LogP contribution in [0.15, 0.2) is 57.8 Å². The van der Waals surface area contributed by atoms with Crippen LogP contribution in [0.4, 0.5) is 0 Å². The molecule has 1 aromatic heterocycles. The van der Waals surface area contributed by atoms with Crippen LogP contribution in [0.1, 0.15) is 37.1 Å². The SMILES string of the molecule is COCCN(Cc1nc2ccccc2c(=O)[nH]1)C(=O)C1(c2cccc(Br)c2)CCCC1. The zero-order valence-electron chi connectivity index (χ0n) is 17.6. The minimum atomic E-state index is -0.561. The predicted molar refractivity (Wildman–Crippen MR) is 124 cm³/mol. The molecule has 0 bridgehead atoms. The highest BCUT2D eigenvalue weighted by atomic mass is 79.9. The van der Waals surface area contributed by atoms with E-state index in [-0.39, 0.29) is 18.0 Å². The Hall–Kier alpha value is -2.51. The van der Waals surface area contributed by atoms with E-state index < -0.39 is 5.41 Å². The minimum Gasteiger partial charge on any atom is -0.383 e. The Morgan fingerprint density at radius 2 is 1.97 bits per heavy atom. The fourth-order valence-electron chi connectivity index (χ4n) is 4.54. The average molecular weight is 484 g/mol. The molecule has 31 heavy (non-hydrogen) atoms.